The van der Waals surface area contributed by atoms with Crippen molar-refractivity contribution in [2.45, 2.75) is 31.9 Å². The van der Waals surface area contributed by atoms with Gasteiger partial charge in [-0.3, -0.25) is 9.69 Å². The number of esters is 1. The first-order valence-corrected chi connectivity index (χ1v) is 10.2. The van der Waals surface area contributed by atoms with Gasteiger partial charge in [0.1, 0.15) is 11.4 Å². The SMILES string of the molecule is COc1ccccc1NC(=O)C1=C(C)C(=O)OC12CCN(Cc1ccccc1)CC2. The number of likely N-dealkylation sites (tertiary alicyclic amines) is 1. The van der Waals surface area contributed by atoms with Crippen LogP contribution in [0.15, 0.2) is 65.7 Å². The monoisotopic (exact) mass is 406 g/mol. The molecular weight excluding hydrogens is 380 g/mol. The van der Waals surface area contributed by atoms with Gasteiger partial charge in [-0.1, -0.05) is 42.5 Å². The van der Waals surface area contributed by atoms with Crippen LogP contribution in [0.2, 0.25) is 0 Å². The Labute approximate surface area is 176 Å². The average molecular weight is 406 g/mol. The lowest BCUT2D eigenvalue weighted by Crippen LogP contribution is -2.47. The van der Waals surface area contributed by atoms with Crippen LogP contribution < -0.4 is 10.1 Å². The van der Waals surface area contributed by atoms with Gasteiger partial charge in [-0.25, -0.2) is 4.79 Å². The van der Waals surface area contributed by atoms with Crippen LogP contribution in [0.5, 0.6) is 5.75 Å². The van der Waals surface area contributed by atoms with Crippen molar-refractivity contribution in [1.29, 1.82) is 0 Å². The smallest absolute Gasteiger partial charge is 0.335 e. The predicted molar refractivity (Wildman–Crippen MR) is 114 cm³/mol. The molecule has 1 fully saturated rings. The molecule has 1 amide bonds. The molecule has 6 heteroatoms. The van der Waals surface area contributed by atoms with Crippen LogP contribution in [0.25, 0.3) is 0 Å². The molecule has 2 aliphatic heterocycles. The Kier molecular flexibility index (Phi) is 5.59. The molecule has 1 saturated heterocycles. The van der Waals surface area contributed by atoms with Crippen molar-refractivity contribution in [2.24, 2.45) is 0 Å². The number of rotatable bonds is 5. The van der Waals surface area contributed by atoms with E-state index in [1.54, 1.807) is 26.2 Å². The number of para-hydroxylation sites is 2. The Balaban J connectivity index is 1.51. The highest BCUT2D eigenvalue weighted by molar-refractivity contribution is 6.13. The van der Waals surface area contributed by atoms with Crippen molar-refractivity contribution in [2.75, 3.05) is 25.5 Å². The van der Waals surface area contributed by atoms with E-state index in [4.69, 9.17) is 9.47 Å². The Morgan fingerprint density at radius 3 is 2.47 bits per heavy atom. The number of methoxy groups -OCH3 is 1. The van der Waals surface area contributed by atoms with Gasteiger partial charge in [0.2, 0.25) is 0 Å². The van der Waals surface area contributed by atoms with E-state index in [1.165, 1.54) is 5.56 Å². The fourth-order valence-electron chi connectivity index (χ4n) is 4.32. The lowest BCUT2D eigenvalue weighted by molar-refractivity contribution is -0.150. The van der Waals surface area contributed by atoms with Gasteiger partial charge in [0.25, 0.3) is 5.91 Å². The fraction of sp³-hybridized carbons (Fsp3) is 0.333. The summed E-state index contributed by atoms with van der Waals surface area (Å²) in [4.78, 5) is 28.0. The predicted octanol–water partition coefficient (Wildman–Crippen LogP) is 3.54. The molecule has 4 rings (SSSR count). The minimum Gasteiger partial charge on any atom is -0.495 e. The minimum absolute atomic E-state index is 0.306. The Morgan fingerprint density at radius 2 is 1.77 bits per heavy atom. The topological polar surface area (TPSA) is 67.9 Å². The summed E-state index contributed by atoms with van der Waals surface area (Å²) < 4.78 is 11.1. The molecule has 1 spiro atoms. The highest BCUT2D eigenvalue weighted by Gasteiger charge is 2.50. The summed E-state index contributed by atoms with van der Waals surface area (Å²) in [6.45, 7) is 4.02. The highest BCUT2D eigenvalue weighted by atomic mass is 16.6. The van der Waals surface area contributed by atoms with E-state index in [0.717, 1.165) is 19.6 Å². The largest absolute Gasteiger partial charge is 0.495 e. The first kappa shape index (κ1) is 20.2. The third-order valence-electron chi connectivity index (χ3n) is 5.92. The van der Waals surface area contributed by atoms with Crippen LogP contribution in [0.3, 0.4) is 0 Å². The van der Waals surface area contributed by atoms with Crippen LogP contribution >= 0.6 is 0 Å². The number of piperidine rings is 1. The maximum Gasteiger partial charge on any atom is 0.335 e. The first-order chi connectivity index (χ1) is 14.5. The van der Waals surface area contributed by atoms with Gasteiger partial charge in [-0.05, 0) is 24.6 Å². The van der Waals surface area contributed by atoms with Crippen LogP contribution in [0.4, 0.5) is 5.69 Å². The van der Waals surface area contributed by atoms with Crippen molar-refractivity contribution in [3.63, 3.8) is 0 Å². The average Bonchev–Trinajstić information content (AvgIpc) is 3.00. The van der Waals surface area contributed by atoms with E-state index in [2.05, 4.69) is 22.3 Å². The molecule has 6 nitrogen and oxygen atoms in total. The Hall–Kier alpha value is -3.12. The molecule has 2 heterocycles. The number of hydrogen-bond donors (Lipinski definition) is 1. The van der Waals surface area contributed by atoms with Crippen LogP contribution in [-0.4, -0.2) is 42.6 Å². The van der Waals surface area contributed by atoms with E-state index >= 15 is 0 Å². The number of amides is 1. The minimum atomic E-state index is -0.861. The zero-order chi connectivity index (χ0) is 21.1. The molecule has 0 saturated carbocycles. The number of hydrogen-bond acceptors (Lipinski definition) is 5. The molecule has 0 atom stereocenters. The molecule has 0 radical (unpaired) electrons. The number of carbonyl (C=O) groups is 2. The number of anilines is 1. The van der Waals surface area contributed by atoms with Crippen LogP contribution in [-0.2, 0) is 20.9 Å². The molecule has 2 aromatic carbocycles. The van der Waals surface area contributed by atoms with E-state index < -0.39 is 11.6 Å². The summed E-state index contributed by atoms with van der Waals surface area (Å²) in [5.74, 6) is -0.142. The number of ether oxygens (including phenoxy) is 2. The van der Waals surface area contributed by atoms with Gasteiger partial charge in [0.15, 0.2) is 0 Å². The zero-order valence-corrected chi connectivity index (χ0v) is 17.3. The van der Waals surface area contributed by atoms with E-state index in [-0.39, 0.29) is 5.91 Å². The summed E-state index contributed by atoms with van der Waals surface area (Å²) in [5.41, 5.74) is 1.79. The van der Waals surface area contributed by atoms with Gasteiger partial charge in [0, 0.05) is 38.0 Å². The van der Waals surface area contributed by atoms with Crippen molar-refractivity contribution in [3.05, 3.63) is 71.3 Å². The quantitative estimate of drug-likeness (QED) is 0.770. The second-order valence-electron chi connectivity index (χ2n) is 7.80. The van der Waals surface area contributed by atoms with E-state index in [1.807, 2.05) is 30.3 Å². The molecule has 0 bridgehead atoms. The third-order valence-corrected chi connectivity index (χ3v) is 5.92. The maximum atomic E-state index is 13.2. The van der Waals surface area contributed by atoms with Gasteiger partial charge in [-0.15, -0.1) is 0 Å². The van der Waals surface area contributed by atoms with Crippen molar-refractivity contribution >= 4 is 17.6 Å². The first-order valence-electron chi connectivity index (χ1n) is 10.2. The number of nitrogens with one attached hydrogen (secondary N) is 1. The summed E-state index contributed by atoms with van der Waals surface area (Å²) in [5, 5.41) is 2.91. The molecule has 156 valence electrons. The van der Waals surface area contributed by atoms with Gasteiger partial charge >= 0.3 is 5.97 Å². The second kappa shape index (κ2) is 8.32. The number of benzene rings is 2. The normalized spacial score (nSPS) is 18.4. The van der Waals surface area contributed by atoms with Crippen molar-refractivity contribution in [3.8, 4) is 5.75 Å². The third kappa shape index (κ3) is 3.83. The molecule has 2 aromatic rings. The lowest BCUT2D eigenvalue weighted by Gasteiger charge is -2.39. The van der Waals surface area contributed by atoms with Gasteiger partial charge < -0.3 is 14.8 Å². The fourth-order valence-corrected chi connectivity index (χ4v) is 4.32. The summed E-state index contributed by atoms with van der Waals surface area (Å²) in [6.07, 6.45) is 1.19. The van der Waals surface area contributed by atoms with Crippen LogP contribution in [0.1, 0.15) is 25.3 Å². The van der Waals surface area contributed by atoms with Gasteiger partial charge in [0.05, 0.1) is 18.4 Å². The maximum absolute atomic E-state index is 13.2. The lowest BCUT2D eigenvalue weighted by atomic mass is 9.82. The Morgan fingerprint density at radius 1 is 1.10 bits per heavy atom. The molecular formula is C24H26N2O4. The van der Waals surface area contributed by atoms with Gasteiger partial charge in [-0.2, -0.15) is 0 Å². The van der Waals surface area contributed by atoms with E-state index in [9.17, 15) is 9.59 Å². The van der Waals surface area contributed by atoms with Crippen LogP contribution in [0, 0.1) is 0 Å². The molecule has 0 aliphatic carbocycles. The summed E-state index contributed by atoms with van der Waals surface area (Å²) in [6, 6.07) is 17.5. The molecule has 0 unspecified atom stereocenters. The van der Waals surface area contributed by atoms with Crippen molar-refractivity contribution in [1.82, 2.24) is 4.90 Å². The summed E-state index contributed by atoms with van der Waals surface area (Å²) >= 11 is 0. The molecule has 0 aromatic heterocycles. The number of nitrogens with zero attached hydrogens (tertiary/aromatic N) is 1. The van der Waals surface area contributed by atoms with E-state index in [0.29, 0.717) is 35.4 Å². The highest BCUT2D eigenvalue weighted by Crippen LogP contribution is 2.42. The standard InChI is InChI=1S/C24H26N2O4/c1-17-21(22(27)25-19-10-6-7-11-20(19)29-2)24(30-23(17)28)12-14-26(15-13-24)16-18-8-4-3-5-9-18/h3-11H,12-16H2,1-2H3,(H,25,27). The zero-order valence-electron chi connectivity index (χ0n) is 17.3. The number of carbonyl (C=O) groups excluding carboxylic acids is 2. The summed E-state index contributed by atoms with van der Waals surface area (Å²) in [7, 11) is 1.56. The van der Waals surface area contributed by atoms with Crippen molar-refractivity contribution < 1.29 is 19.1 Å². The molecule has 1 N–H and O–H groups in total. The second-order valence-corrected chi connectivity index (χ2v) is 7.80. The molecule has 2 aliphatic rings. The molecule has 30 heavy (non-hydrogen) atoms. The Bertz CT molecular complexity index is 976.